The molecule has 0 saturated carbocycles. The van der Waals surface area contributed by atoms with E-state index in [1.807, 2.05) is 49.5 Å². The third-order valence-electron chi connectivity index (χ3n) is 3.03. The SMILES string of the molecule is CNC(c1ccc(OC)cc1)c1c(Cl)cccc1Cl. The second kappa shape index (κ2) is 6.29. The summed E-state index contributed by atoms with van der Waals surface area (Å²) in [6, 6.07) is 13.3. The van der Waals surface area contributed by atoms with Gasteiger partial charge in [0.1, 0.15) is 5.75 Å². The second-order valence-electron chi connectivity index (χ2n) is 4.13. The van der Waals surface area contributed by atoms with E-state index in [0.29, 0.717) is 10.0 Å². The van der Waals surface area contributed by atoms with Crippen molar-refractivity contribution in [3.8, 4) is 5.75 Å². The molecule has 0 heterocycles. The third-order valence-corrected chi connectivity index (χ3v) is 3.69. The largest absolute Gasteiger partial charge is 0.497 e. The van der Waals surface area contributed by atoms with Gasteiger partial charge in [0.25, 0.3) is 0 Å². The molecule has 0 bridgehead atoms. The number of methoxy groups -OCH3 is 1. The molecule has 2 aromatic rings. The summed E-state index contributed by atoms with van der Waals surface area (Å²) < 4.78 is 5.16. The van der Waals surface area contributed by atoms with Gasteiger partial charge in [0.05, 0.1) is 13.2 Å². The van der Waals surface area contributed by atoms with E-state index in [4.69, 9.17) is 27.9 Å². The molecule has 0 aliphatic carbocycles. The van der Waals surface area contributed by atoms with Crippen LogP contribution >= 0.6 is 23.2 Å². The van der Waals surface area contributed by atoms with E-state index in [-0.39, 0.29) is 6.04 Å². The topological polar surface area (TPSA) is 21.3 Å². The molecule has 0 aliphatic rings. The number of hydrogen-bond acceptors (Lipinski definition) is 2. The summed E-state index contributed by atoms with van der Waals surface area (Å²) in [6.45, 7) is 0. The number of halogens is 2. The van der Waals surface area contributed by atoms with Crippen molar-refractivity contribution in [1.82, 2.24) is 5.32 Å². The van der Waals surface area contributed by atoms with Gasteiger partial charge in [-0.25, -0.2) is 0 Å². The van der Waals surface area contributed by atoms with Crippen LogP contribution in [0.15, 0.2) is 42.5 Å². The molecule has 19 heavy (non-hydrogen) atoms. The van der Waals surface area contributed by atoms with Gasteiger partial charge in [0.15, 0.2) is 0 Å². The van der Waals surface area contributed by atoms with E-state index in [1.54, 1.807) is 7.11 Å². The van der Waals surface area contributed by atoms with Crippen molar-refractivity contribution in [2.24, 2.45) is 0 Å². The number of hydrogen-bond donors (Lipinski definition) is 1. The van der Waals surface area contributed by atoms with Crippen molar-refractivity contribution in [2.45, 2.75) is 6.04 Å². The summed E-state index contributed by atoms with van der Waals surface area (Å²) in [5.41, 5.74) is 1.97. The van der Waals surface area contributed by atoms with Gasteiger partial charge in [-0.1, -0.05) is 41.4 Å². The summed E-state index contributed by atoms with van der Waals surface area (Å²) in [4.78, 5) is 0. The number of ether oxygens (including phenoxy) is 1. The van der Waals surface area contributed by atoms with Gasteiger partial charge in [0.2, 0.25) is 0 Å². The Labute approximate surface area is 123 Å². The van der Waals surface area contributed by atoms with Crippen LogP contribution < -0.4 is 10.1 Å². The molecule has 2 aromatic carbocycles. The molecular formula is C15H15Cl2NO. The van der Waals surface area contributed by atoms with Crippen LogP contribution in [0, 0.1) is 0 Å². The Morgan fingerprint density at radius 2 is 1.58 bits per heavy atom. The standard InChI is InChI=1S/C15H15Cl2NO/c1-18-15(10-6-8-11(19-2)9-7-10)14-12(16)4-3-5-13(14)17/h3-9,15,18H,1-2H3. The molecule has 100 valence electrons. The predicted molar refractivity (Wildman–Crippen MR) is 80.4 cm³/mol. The van der Waals surface area contributed by atoms with E-state index in [9.17, 15) is 0 Å². The van der Waals surface area contributed by atoms with E-state index in [1.165, 1.54) is 0 Å². The van der Waals surface area contributed by atoms with Crippen LogP contribution in [0.3, 0.4) is 0 Å². The molecule has 2 rings (SSSR count). The number of benzene rings is 2. The monoisotopic (exact) mass is 295 g/mol. The fraction of sp³-hybridized carbons (Fsp3) is 0.200. The Balaban J connectivity index is 2.44. The molecule has 0 aliphatic heterocycles. The highest BCUT2D eigenvalue weighted by atomic mass is 35.5. The average molecular weight is 296 g/mol. The van der Waals surface area contributed by atoms with Crippen molar-refractivity contribution >= 4 is 23.2 Å². The fourth-order valence-corrected chi connectivity index (χ4v) is 2.68. The molecular weight excluding hydrogens is 281 g/mol. The van der Waals surface area contributed by atoms with Crippen LogP contribution in [-0.4, -0.2) is 14.2 Å². The lowest BCUT2D eigenvalue weighted by molar-refractivity contribution is 0.414. The number of nitrogens with one attached hydrogen (secondary N) is 1. The maximum Gasteiger partial charge on any atom is 0.118 e. The zero-order chi connectivity index (χ0) is 13.8. The molecule has 1 atom stereocenters. The van der Waals surface area contributed by atoms with E-state index in [2.05, 4.69) is 5.32 Å². The second-order valence-corrected chi connectivity index (χ2v) is 4.94. The highest BCUT2D eigenvalue weighted by molar-refractivity contribution is 6.36. The van der Waals surface area contributed by atoms with Crippen molar-refractivity contribution in [3.05, 3.63) is 63.6 Å². The van der Waals surface area contributed by atoms with Gasteiger partial charge < -0.3 is 10.1 Å². The Bertz CT molecular complexity index is 534. The molecule has 4 heteroatoms. The van der Waals surface area contributed by atoms with E-state index < -0.39 is 0 Å². The van der Waals surface area contributed by atoms with E-state index in [0.717, 1.165) is 16.9 Å². The maximum atomic E-state index is 6.26. The first-order valence-electron chi connectivity index (χ1n) is 5.92. The Hall–Kier alpha value is -1.22. The first kappa shape index (κ1) is 14.2. The van der Waals surface area contributed by atoms with Crippen molar-refractivity contribution in [2.75, 3.05) is 14.2 Å². The van der Waals surface area contributed by atoms with Crippen LogP contribution in [0.2, 0.25) is 10.0 Å². The average Bonchev–Trinajstić information content (AvgIpc) is 2.43. The zero-order valence-corrected chi connectivity index (χ0v) is 12.3. The molecule has 0 amide bonds. The summed E-state index contributed by atoms with van der Waals surface area (Å²) >= 11 is 12.5. The predicted octanol–water partition coefficient (Wildman–Crippen LogP) is 4.31. The molecule has 0 radical (unpaired) electrons. The molecule has 1 unspecified atom stereocenters. The number of rotatable bonds is 4. The zero-order valence-electron chi connectivity index (χ0n) is 10.8. The summed E-state index contributed by atoms with van der Waals surface area (Å²) in [5, 5.41) is 4.55. The fourth-order valence-electron chi connectivity index (χ4n) is 2.06. The summed E-state index contributed by atoms with van der Waals surface area (Å²) in [5.74, 6) is 0.823. The smallest absolute Gasteiger partial charge is 0.118 e. The third kappa shape index (κ3) is 3.03. The van der Waals surface area contributed by atoms with Crippen LogP contribution in [-0.2, 0) is 0 Å². The molecule has 0 saturated heterocycles. The van der Waals surface area contributed by atoms with Gasteiger partial charge in [-0.2, -0.15) is 0 Å². The first-order valence-corrected chi connectivity index (χ1v) is 6.68. The Morgan fingerprint density at radius 1 is 1.00 bits per heavy atom. The Morgan fingerprint density at radius 3 is 2.05 bits per heavy atom. The first-order chi connectivity index (χ1) is 9.17. The normalized spacial score (nSPS) is 12.2. The van der Waals surface area contributed by atoms with Crippen LogP contribution in [0.4, 0.5) is 0 Å². The molecule has 0 aromatic heterocycles. The van der Waals surface area contributed by atoms with Gasteiger partial charge in [-0.15, -0.1) is 0 Å². The maximum absolute atomic E-state index is 6.26. The van der Waals surface area contributed by atoms with Gasteiger partial charge in [-0.3, -0.25) is 0 Å². The van der Waals surface area contributed by atoms with Crippen molar-refractivity contribution in [3.63, 3.8) is 0 Å². The summed E-state index contributed by atoms with van der Waals surface area (Å²) in [7, 11) is 3.53. The van der Waals surface area contributed by atoms with Gasteiger partial charge in [0, 0.05) is 15.6 Å². The molecule has 1 N–H and O–H groups in total. The lowest BCUT2D eigenvalue weighted by atomic mass is 9.98. The quantitative estimate of drug-likeness (QED) is 0.907. The van der Waals surface area contributed by atoms with Crippen molar-refractivity contribution < 1.29 is 4.74 Å². The molecule has 2 nitrogen and oxygen atoms in total. The highest BCUT2D eigenvalue weighted by Crippen LogP contribution is 2.34. The minimum atomic E-state index is -0.0490. The van der Waals surface area contributed by atoms with Gasteiger partial charge in [-0.05, 0) is 36.9 Å². The van der Waals surface area contributed by atoms with Gasteiger partial charge >= 0.3 is 0 Å². The Kier molecular flexibility index (Phi) is 4.70. The lowest BCUT2D eigenvalue weighted by Crippen LogP contribution is -2.18. The summed E-state index contributed by atoms with van der Waals surface area (Å²) in [6.07, 6.45) is 0. The lowest BCUT2D eigenvalue weighted by Gasteiger charge is -2.20. The van der Waals surface area contributed by atoms with Crippen molar-refractivity contribution in [1.29, 1.82) is 0 Å². The minimum absolute atomic E-state index is 0.0490. The molecule has 0 fully saturated rings. The van der Waals surface area contributed by atoms with Crippen LogP contribution in [0.5, 0.6) is 5.75 Å². The van der Waals surface area contributed by atoms with Crippen LogP contribution in [0.1, 0.15) is 17.2 Å². The minimum Gasteiger partial charge on any atom is -0.497 e. The molecule has 0 spiro atoms. The van der Waals surface area contributed by atoms with E-state index >= 15 is 0 Å². The van der Waals surface area contributed by atoms with Crippen LogP contribution in [0.25, 0.3) is 0 Å². The highest BCUT2D eigenvalue weighted by Gasteiger charge is 2.18.